The van der Waals surface area contributed by atoms with Crippen molar-refractivity contribution < 1.29 is 4.92 Å². The first kappa shape index (κ1) is 12.9. The molecule has 3 rings (SSSR count). The molecule has 1 atom stereocenters. The van der Waals surface area contributed by atoms with Gasteiger partial charge in [-0.1, -0.05) is 0 Å². The maximum absolute atomic E-state index is 10.7. The lowest BCUT2D eigenvalue weighted by molar-refractivity contribution is -0.384. The predicted molar refractivity (Wildman–Crippen MR) is 76.8 cm³/mol. The number of fused-ring (bicyclic) bond motifs is 1. The Balaban J connectivity index is 1.70. The Hall–Kier alpha value is -2.15. The number of aromatic nitrogens is 2. The topological polar surface area (TPSA) is 95.9 Å². The molecular formula is C13H17N5O2. The Morgan fingerprint density at radius 3 is 3.15 bits per heavy atom. The molecule has 1 aromatic heterocycles. The predicted octanol–water partition coefficient (Wildman–Crippen LogP) is 1.88. The van der Waals surface area contributed by atoms with Gasteiger partial charge in [-0.05, 0) is 37.9 Å². The number of non-ortho nitro benzene ring substituents is 1. The second-order valence-electron chi connectivity index (χ2n) is 5.14. The molecule has 20 heavy (non-hydrogen) atoms. The van der Waals surface area contributed by atoms with Crippen LogP contribution < -0.4 is 10.6 Å². The molecule has 3 N–H and O–H groups in total. The number of nitrogens with zero attached hydrogens (tertiary/aromatic N) is 2. The standard InChI is InChI=1S/C13H17N5O2/c19-18(20)10-3-4-11-12(6-10)17-13(16-11)15-8-9-2-1-5-14-7-9/h3-4,6,9,14H,1-2,5,7-8H2,(H2,15,16,17)/t9-/m0/s1. The fourth-order valence-electron chi connectivity index (χ4n) is 2.53. The largest absolute Gasteiger partial charge is 0.355 e. The average Bonchev–Trinajstić information content (AvgIpc) is 2.88. The van der Waals surface area contributed by atoms with Gasteiger partial charge < -0.3 is 15.6 Å². The van der Waals surface area contributed by atoms with Gasteiger partial charge in [0.05, 0.1) is 16.0 Å². The van der Waals surface area contributed by atoms with E-state index < -0.39 is 4.92 Å². The maximum atomic E-state index is 10.7. The molecule has 0 aliphatic carbocycles. The summed E-state index contributed by atoms with van der Waals surface area (Å²) in [6.45, 7) is 2.98. The lowest BCUT2D eigenvalue weighted by Gasteiger charge is -2.22. The van der Waals surface area contributed by atoms with Crippen LogP contribution >= 0.6 is 0 Å². The highest BCUT2D eigenvalue weighted by Gasteiger charge is 2.14. The summed E-state index contributed by atoms with van der Waals surface area (Å²) in [6, 6.07) is 4.64. The third-order valence-corrected chi connectivity index (χ3v) is 3.63. The van der Waals surface area contributed by atoms with Crippen molar-refractivity contribution >= 4 is 22.7 Å². The molecule has 1 aromatic carbocycles. The van der Waals surface area contributed by atoms with Gasteiger partial charge in [0.15, 0.2) is 0 Å². The molecule has 1 saturated heterocycles. The van der Waals surface area contributed by atoms with Crippen molar-refractivity contribution in [1.82, 2.24) is 15.3 Å². The van der Waals surface area contributed by atoms with Gasteiger partial charge >= 0.3 is 0 Å². The first-order chi connectivity index (χ1) is 9.72. The number of aromatic amines is 1. The summed E-state index contributed by atoms with van der Waals surface area (Å²) < 4.78 is 0. The number of nitro benzene ring substituents is 1. The Morgan fingerprint density at radius 2 is 2.40 bits per heavy atom. The third kappa shape index (κ3) is 2.72. The summed E-state index contributed by atoms with van der Waals surface area (Å²) in [6.07, 6.45) is 2.42. The van der Waals surface area contributed by atoms with E-state index in [0.29, 0.717) is 17.4 Å². The van der Waals surface area contributed by atoms with Crippen LogP contribution in [0.25, 0.3) is 11.0 Å². The van der Waals surface area contributed by atoms with E-state index in [9.17, 15) is 10.1 Å². The molecule has 0 radical (unpaired) electrons. The Morgan fingerprint density at radius 1 is 1.50 bits per heavy atom. The number of anilines is 1. The van der Waals surface area contributed by atoms with Crippen LogP contribution in [0.1, 0.15) is 12.8 Å². The van der Waals surface area contributed by atoms with Crippen LogP contribution in [0.5, 0.6) is 0 Å². The SMILES string of the molecule is O=[N+]([O-])c1ccc2nc(NC[C@H]3CCCNC3)[nH]c2c1. The summed E-state index contributed by atoms with van der Waals surface area (Å²) in [5.74, 6) is 1.28. The summed E-state index contributed by atoms with van der Waals surface area (Å²) in [7, 11) is 0. The van der Waals surface area contributed by atoms with Crippen molar-refractivity contribution in [2.24, 2.45) is 5.92 Å². The van der Waals surface area contributed by atoms with Crippen molar-refractivity contribution in [3.63, 3.8) is 0 Å². The van der Waals surface area contributed by atoms with Crippen molar-refractivity contribution in [1.29, 1.82) is 0 Å². The number of nitro groups is 1. The van der Waals surface area contributed by atoms with Crippen molar-refractivity contribution in [2.45, 2.75) is 12.8 Å². The quantitative estimate of drug-likeness (QED) is 0.585. The number of nitrogens with one attached hydrogen (secondary N) is 3. The van der Waals surface area contributed by atoms with Crippen LogP contribution in [0, 0.1) is 16.0 Å². The number of piperidine rings is 1. The van der Waals surface area contributed by atoms with Gasteiger partial charge in [-0.2, -0.15) is 0 Å². The molecule has 1 aliphatic heterocycles. The molecule has 7 nitrogen and oxygen atoms in total. The first-order valence-electron chi connectivity index (χ1n) is 6.81. The second kappa shape index (κ2) is 5.46. The van der Waals surface area contributed by atoms with E-state index >= 15 is 0 Å². The summed E-state index contributed by atoms with van der Waals surface area (Å²) in [4.78, 5) is 17.8. The normalized spacial score (nSPS) is 19.1. The molecular weight excluding hydrogens is 258 g/mol. The van der Waals surface area contributed by atoms with E-state index in [1.807, 2.05) is 0 Å². The summed E-state index contributed by atoms with van der Waals surface area (Å²) in [5, 5.41) is 17.4. The Labute approximate surface area is 115 Å². The van der Waals surface area contributed by atoms with Gasteiger partial charge in [0.25, 0.3) is 5.69 Å². The molecule has 0 unspecified atom stereocenters. The average molecular weight is 275 g/mol. The highest BCUT2D eigenvalue weighted by molar-refractivity contribution is 5.79. The molecule has 2 aromatic rings. The zero-order valence-corrected chi connectivity index (χ0v) is 11.1. The number of imidazole rings is 1. The fourth-order valence-corrected chi connectivity index (χ4v) is 2.53. The smallest absolute Gasteiger partial charge is 0.271 e. The van der Waals surface area contributed by atoms with E-state index in [1.165, 1.54) is 25.0 Å². The van der Waals surface area contributed by atoms with Gasteiger partial charge in [0.1, 0.15) is 0 Å². The van der Waals surface area contributed by atoms with Gasteiger partial charge in [-0.15, -0.1) is 0 Å². The first-order valence-corrected chi connectivity index (χ1v) is 6.81. The van der Waals surface area contributed by atoms with Crippen molar-refractivity contribution in [3.8, 4) is 0 Å². The molecule has 1 aliphatic rings. The minimum Gasteiger partial charge on any atom is -0.355 e. The van der Waals surface area contributed by atoms with Crippen LogP contribution in [0.3, 0.4) is 0 Å². The van der Waals surface area contributed by atoms with Crippen LogP contribution in [-0.4, -0.2) is 34.5 Å². The summed E-state index contributed by atoms with van der Waals surface area (Å²) >= 11 is 0. The third-order valence-electron chi connectivity index (χ3n) is 3.63. The van der Waals surface area contributed by atoms with Gasteiger partial charge in [0, 0.05) is 18.7 Å². The lowest BCUT2D eigenvalue weighted by atomic mass is 10.00. The number of H-pyrrole nitrogens is 1. The zero-order valence-electron chi connectivity index (χ0n) is 11.1. The van der Waals surface area contributed by atoms with Crippen molar-refractivity contribution in [3.05, 3.63) is 28.3 Å². The number of rotatable bonds is 4. The Kier molecular flexibility index (Phi) is 3.51. The van der Waals surface area contributed by atoms with Gasteiger partial charge in [-0.25, -0.2) is 4.98 Å². The lowest BCUT2D eigenvalue weighted by Crippen LogP contribution is -2.33. The fraction of sp³-hybridized carbons (Fsp3) is 0.462. The highest BCUT2D eigenvalue weighted by atomic mass is 16.6. The molecule has 0 spiro atoms. The van der Waals surface area contributed by atoms with Crippen LogP contribution in [0.15, 0.2) is 18.2 Å². The molecule has 0 amide bonds. The van der Waals surface area contributed by atoms with E-state index in [-0.39, 0.29) is 5.69 Å². The van der Waals surface area contributed by atoms with E-state index in [0.717, 1.165) is 25.2 Å². The van der Waals surface area contributed by atoms with E-state index in [4.69, 9.17) is 0 Å². The number of hydrogen-bond donors (Lipinski definition) is 3. The molecule has 0 bridgehead atoms. The van der Waals surface area contributed by atoms with Gasteiger partial charge in [-0.3, -0.25) is 10.1 Å². The molecule has 7 heteroatoms. The zero-order chi connectivity index (χ0) is 13.9. The summed E-state index contributed by atoms with van der Waals surface area (Å²) in [5.41, 5.74) is 1.49. The van der Waals surface area contributed by atoms with Crippen LogP contribution in [0.2, 0.25) is 0 Å². The van der Waals surface area contributed by atoms with Crippen molar-refractivity contribution in [2.75, 3.05) is 25.0 Å². The van der Waals surface area contributed by atoms with Crippen LogP contribution in [-0.2, 0) is 0 Å². The number of benzene rings is 1. The second-order valence-corrected chi connectivity index (χ2v) is 5.14. The maximum Gasteiger partial charge on any atom is 0.271 e. The van der Waals surface area contributed by atoms with Crippen LogP contribution in [0.4, 0.5) is 11.6 Å². The van der Waals surface area contributed by atoms with E-state index in [1.54, 1.807) is 6.07 Å². The minimum atomic E-state index is -0.402. The molecule has 1 fully saturated rings. The molecule has 2 heterocycles. The minimum absolute atomic E-state index is 0.0733. The monoisotopic (exact) mass is 275 g/mol. The van der Waals surface area contributed by atoms with E-state index in [2.05, 4.69) is 20.6 Å². The molecule has 106 valence electrons. The Bertz CT molecular complexity index is 618. The highest BCUT2D eigenvalue weighted by Crippen LogP contribution is 2.20. The molecule has 0 saturated carbocycles. The van der Waals surface area contributed by atoms with Gasteiger partial charge in [0.2, 0.25) is 5.95 Å². The number of hydrogen-bond acceptors (Lipinski definition) is 5.